The molecular formula is C46H42N2O. The first-order chi connectivity index (χ1) is 24.3. The summed E-state index contributed by atoms with van der Waals surface area (Å²) in [6, 6.07) is 25.7. The summed E-state index contributed by atoms with van der Waals surface area (Å²) in [6.45, 7) is 0. The van der Waals surface area contributed by atoms with Crippen molar-refractivity contribution in [1.29, 1.82) is 0 Å². The zero-order valence-electron chi connectivity index (χ0n) is 27.9. The van der Waals surface area contributed by atoms with Gasteiger partial charge in [0, 0.05) is 45.6 Å². The summed E-state index contributed by atoms with van der Waals surface area (Å²) in [6.07, 6.45) is 33.7. The fraction of sp³-hybridized carbons (Fsp3) is 0.304. The molecule has 3 aromatic carbocycles. The Bertz CT molecular complexity index is 2240. The number of hydrogen-bond donors (Lipinski definition) is 0. The van der Waals surface area contributed by atoms with Crippen LogP contribution >= 0.6 is 0 Å². The van der Waals surface area contributed by atoms with Crippen LogP contribution in [0.2, 0.25) is 0 Å². The number of hydrogen-bond acceptors (Lipinski definition) is 2. The Hall–Kier alpha value is -4.60. The second kappa shape index (κ2) is 11.0. The van der Waals surface area contributed by atoms with E-state index in [9.17, 15) is 0 Å². The summed E-state index contributed by atoms with van der Waals surface area (Å²) in [5.41, 5.74) is 11.1. The molecule has 1 saturated heterocycles. The monoisotopic (exact) mass is 638 g/mol. The number of ether oxygens (including phenoxy) is 1. The Morgan fingerprint density at radius 3 is 2.47 bits per heavy atom. The van der Waals surface area contributed by atoms with Crippen LogP contribution in [-0.4, -0.2) is 22.8 Å². The van der Waals surface area contributed by atoms with E-state index in [1.165, 1.54) is 55.6 Å². The number of allylic oxidation sites excluding steroid dienone is 10. The molecule has 3 heterocycles. The van der Waals surface area contributed by atoms with Gasteiger partial charge in [-0.05, 0) is 103 Å². The molecule has 0 bridgehead atoms. The van der Waals surface area contributed by atoms with Crippen molar-refractivity contribution in [2.45, 2.75) is 62.7 Å². The first kappa shape index (κ1) is 28.3. The van der Waals surface area contributed by atoms with E-state index in [0.29, 0.717) is 41.7 Å². The van der Waals surface area contributed by atoms with Crippen molar-refractivity contribution >= 4 is 38.8 Å². The minimum atomic E-state index is 0.261. The quantitative estimate of drug-likeness (QED) is 0.208. The van der Waals surface area contributed by atoms with Gasteiger partial charge in [0.25, 0.3) is 0 Å². The molecule has 11 rings (SSSR count). The van der Waals surface area contributed by atoms with E-state index in [-0.39, 0.29) is 6.10 Å². The average Bonchev–Trinajstić information content (AvgIpc) is 3.83. The highest BCUT2D eigenvalue weighted by Crippen LogP contribution is 2.57. The second-order valence-corrected chi connectivity index (χ2v) is 15.3. The van der Waals surface area contributed by atoms with Crippen LogP contribution in [0.25, 0.3) is 33.1 Å². The lowest BCUT2D eigenvalue weighted by Gasteiger charge is -2.46. The number of anilines is 1. The molecule has 242 valence electrons. The summed E-state index contributed by atoms with van der Waals surface area (Å²) in [5, 5.41) is 2.69. The summed E-state index contributed by atoms with van der Waals surface area (Å²) in [4.78, 5) is 2.76. The highest BCUT2D eigenvalue weighted by atomic mass is 16.5. The Morgan fingerprint density at radius 2 is 1.55 bits per heavy atom. The topological polar surface area (TPSA) is 17.4 Å². The Morgan fingerprint density at radius 1 is 0.673 bits per heavy atom. The number of nitrogens with zero attached hydrogens (tertiary/aromatic N) is 2. The minimum absolute atomic E-state index is 0.261. The third-order valence-corrected chi connectivity index (χ3v) is 13.0. The summed E-state index contributed by atoms with van der Waals surface area (Å²) in [7, 11) is 0. The first-order valence-electron chi connectivity index (χ1n) is 18.7. The molecule has 0 amide bonds. The first-order valence-corrected chi connectivity index (χ1v) is 18.7. The molecule has 3 nitrogen and oxygen atoms in total. The zero-order valence-corrected chi connectivity index (χ0v) is 27.9. The van der Waals surface area contributed by atoms with Gasteiger partial charge < -0.3 is 14.2 Å². The Balaban J connectivity index is 0.961. The van der Waals surface area contributed by atoms with Crippen LogP contribution in [0.15, 0.2) is 139 Å². The summed E-state index contributed by atoms with van der Waals surface area (Å²) >= 11 is 0. The molecule has 7 aliphatic rings. The fourth-order valence-electron chi connectivity index (χ4n) is 10.8. The highest BCUT2D eigenvalue weighted by molar-refractivity contribution is 6.11. The zero-order chi connectivity index (χ0) is 32.1. The van der Waals surface area contributed by atoms with Gasteiger partial charge in [-0.3, -0.25) is 0 Å². The molecule has 3 heteroatoms. The summed E-state index contributed by atoms with van der Waals surface area (Å²) < 4.78 is 9.15. The maximum Gasteiger partial charge on any atom is 0.0797 e. The molecule has 49 heavy (non-hydrogen) atoms. The predicted molar refractivity (Wildman–Crippen MR) is 202 cm³/mol. The van der Waals surface area contributed by atoms with Crippen molar-refractivity contribution in [1.82, 2.24) is 4.57 Å². The molecule has 8 atom stereocenters. The Labute approximate surface area is 288 Å². The molecule has 2 aliphatic heterocycles. The van der Waals surface area contributed by atoms with E-state index in [1.54, 1.807) is 0 Å². The molecule has 1 fully saturated rings. The van der Waals surface area contributed by atoms with Crippen LogP contribution in [0.1, 0.15) is 55.6 Å². The molecule has 5 aliphatic carbocycles. The van der Waals surface area contributed by atoms with E-state index in [0.717, 1.165) is 38.5 Å². The number of fused-ring (bicyclic) bond motifs is 12. The van der Waals surface area contributed by atoms with E-state index >= 15 is 0 Å². The van der Waals surface area contributed by atoms with Gasteiger partial charge in [-0.15, -0.1) is 0 Å². The van der Waals surface area contributed by atoms with Crippen LogP contribution in [0, 0.1) is 23.7 Å². The van der Waals surface area contributed by atoms with Crippen molar-refractivity contribution in [2.24, 2.45) is 23.7 Å². The second-order valence-electron chi connectivity index (χ2n) is 15.3. The van der Waals surface area contributed by atoms with Crippen LogP contribution < -0.4 is 4.90 Å². The van der Waals surface area contributed by atoms with Gasteiger partial charge >= 0.3 is 0 Å². The SMILES string of the molecule is C1=CCCC(n2c3ccccc3c3cc(C4=CC=C(N5c6ccccc6C6C=CC7C(C=CC8OC9CC=CCC9C87)C65)CC4)ccc32)=C1. The molecule has 0 radical (unpaired) electrons. The van der Waals surface area contributed by atoms with Crippen LogP contribution in [0.5, 0.6) is 0 Å². The van der Waals surface area contributed by atoms with Gasteiger partial charge in [-0.25, -0.2) is 0 Å². The summed E-state index contributed by atoms with van der Waals surface area (Å²) in [5.74, 6) is 2.64. The third kappa shape index (κ3) is 4.18. The van der Waals surface area contributed by atoms with Gasteiger partial charge in [-0.2, -0.15) is 0 Å². The van der Waals surface area contributed by atoms with Crippen molar-refractivity contribution in [3.05, 3.63) is 150 Å². The lowest BCUT2D eigenvalue weighted by molar-refractivity contribution is 0.0465. The average molecular weight is 639 g/mol. The van der Waals surface area contributed by atoms with Gasteiger partial charge in [0.1, 0.15) is 0 Å². The number of rotatable bonds is 3. The highest BCUT2D eigenvalue weighted by Gasteiger charge is 2.55. The normalized spacial score (nSPS) is 32.3. The van der Waals surface area contributed by atoms with Crippen molar-refractivity contribution in [3.63, 3.8) is 0 Å². The molecule has 1 aromatic heterocycles. The van der Waals surface area contributed by atoms with Crippen molar-refractivity contribution in [2.75, 3.05) is 4.90 Å². The smallest absolute Gasteiger partial charge is 0.0797 e. The van der Waals surface area contributed by atoms with Gasteiger partial charge in [-0.1, -0.05) is 97.1 Å². The van der Waals surface area contributed by atoms with E-state index in [2.05, 4.69) is 143 Å². The maximum absolute atomic E-state index is 6.66. The fourth-order valence-corrected chi connectivity index (χ4v) is 10.8. The number of benzene rings is 3. The molecule has 0 N–H and O–H groups in total. The lowest BCUT2D eigenvalue weighted by atomic mass is 9.61. The van der Waals surface area contributed by atoms with Crippen molar-refractivity contribution < 1.29 is 4.74 Å². The largest absolute Gasteiger partial charge is 0.370 e. The van der Waals surface area contributed by atoms with Gasteiger partial charge in [0.05, 0.1) is 29.3 Å². The maximum atomic E-state index is 6.66. The standard InChI is InChI=1S/C46H42N2O/c1-2-10-31(11-3-1)47-40-15-7-5-13-34(40)39-28-30(20-26-42(39)47)29-18-21-32(22-19-29)48-41-16-8-4-12-33(41)36-24-23-35-37(46(36)48)25-27-44-45(35)38-14-6-9-17-43(38)49-44/h1-2,4-10,12-13,15-16,18,20-21,23-28,35-38,43-46H,3,11,14,17,19,22H2. The molecule has 0 saturated carbocycles. The van der Waals surface area contributed by atoms with E-state index < -0.39 is 0 Å². The molecule has 8 unspecified atom stereocenters. The van der Waals surface area contributed by atoms with Crippen LogP contribution in [0.3, 0.4) is 0 Å². The van der Waals surface area contributed by atoms with E-state index in [1.807, 2.05) is 0 Å². The minimum Gasteiger partial charge on any atom is -0.370 e. The van der Waals surface area contributed by atoms with Crippen molar-refractivity contribution in [3.8, 4) is 0 Å². The van der Waals surface area contributed by atoms with Crippen LogP contribution in [0.4, 0.5) is 5.69 Å². The number of para-hydroxylation sites is 2. The third-order valence-electron chi connectivity index (χ3n) is 13.0. The van der Waals surface area contributed by atoms with Gasteiger partial charge in [0.2, 0.25) is 0 Å². The molecular weight excluding hydrogens is 597 g/mol. The van der Waals surface area contributed by atoms with Crippen LogP contribution in [-0.2, 0) is 4.74 Å². The molecule has 0 spiro atoms. The van der Waals surface area contributed by atoms with E-state index in [4.69, 9.17) is 4.74 Å². The number of aromatic nitrogens is 1. The Kier molecular flexibility index (Phi) is 6.32. The molecule has 4 aromatic rings. The lowest BCUT2D eigenvalue weighted by Crippen LogP contribution is -2.48. The predicted octanol–water partition coefficient (Wildman–Crippen LogP) is 10.7. The van der Waals surface area contributed by atoms with Gasteiger partial charge in [0.15, 0.2) is 0 Å².